The van der Waals surface area contributed by atoms with E-state index in [0.717, 1.165) is 6.42 Å². The minimum absolute atomic E-state index is 0.109. The highest BCUT2D eigenvalue weighted by Crippen LogP contribution is 2.38. The number of carbonyl (C=O) groups excluding carboxylic acids is 3. The van der Waals surface area contributed by atoms with Gasteiger partial charge in [0, 0.05) is 6.54 Å². The van der Waals surface area contributed by atoms with Gasteiger partial charge in [-0.1, -0.05) is 6.92 Å². The average Bonchev–Trinajstić information content (AvgIpc) is 2.62. The standard InChI is InChI=1S/C16H22N2O7/c1-5-6-17-16(21)18-13(19)9-25-15(20)10-7-11(22-2)14(24-4)12(8-10)23-3/h7-8H,5-6,9H2,1-4H3,(H2,17,18,19,21). The van der Waals surface area contributed by atoms with E-state index in [1.54, 1.807) is 0 Å². The van der Waals surface area contributed by atoms with Gasteiger partial charge < -0.3 is 24.3 Å². The van der Waals surface area contributed by atoms with Crippen molar-refractivity contribution in [1.82, 2.24) is 10.6 Å². The predicted molar refractivity (Wildman–Crippen MR) is 88.2 cm³/mol. The maximum absolute atomic E-state index is 12.1. The van der Waals surface area contributed by atoms with Crippen LogP contribution in [0.15, 0.2) is 12.1 Å². The number of ether oxygens (including phenoxy) is 4. The molecule has 9 heteroatoms. The van der Waals surface area contributed by atoms with Crippen molar-refractivity contribution in [2.45, 2.75) is 13.3 Å². The van der Waals surface area contributed by atoms with Crippen molar-refractivity contribution in [3.63, 3.8) is 0 Å². The maximum Gasteiger partial charge on any atom is 0.338 e. The minimum Gasteiger partial charge on any atom is -0.493 e. The fourth-order valence-corrected chi connectivity index (χ4v) is 1.86. The summed E-state index contributed by atoms with van der Waals surface area (Å²) in [4.78, 5) is 35.0. The minimum atomic E-state index is -0.775. The second-order valence-corrected chi connectivity index (χ2v) is 4.79. The Morgan fingerprint density at radius 2 is 1.60 bits per heavy atom. The van der Waals surface area contributed by atoms with Crippen LogP contribution in [0.5, 0.6) is 17.2 Å². The summed E-state index contributed by atoms with van der Waals surface area (Å²) < 4.78 is 20.3. The van der Waals surface area contributed by atoms with Crippen LogP contribution in [0, 0.1) is 0 Å². The lowest BCUT2D eigenvalue weighted by Crippen LogP contribution is -2.41. The van der Waals surface area contributed by atoms with Crippen molar-refractivity contribution in [3.05, 3.63) is 17.7 Å². The second-order valence-electron chi connectivity index (χ2n) is 4.79. The molecule has 0 saturated carbocycles. The van der Waals surface area contributed by atoms with Crippen LogP contribution in [0.3, 0.4) is 0 Å². The van der Waals surface area contributed by atoms with Crippen LogP contribution in [0.4, 0.5) is 4.79 Å². The molecule has 0 radical (unpaired) electrons. The van der Waals surface area contributed by atoms with Gasteiger partial charge in [0.15, 0.2) is 18.1 Å². The first kappa shape index (κ1) is 20.1. The van der Waals surface area contributed by atoms with E-state index in [0.29, 0.717) is 12.3 Å². The van der Waals surface area contributed by atoms with Crippen LogP contribution < -0.4 is 24.8 Å². The molecule has 1 rings (SSSR count). The number of methoxy groups -OCH3 is 3. The molecule has 138 valence electrons. The van der Waals surface area contributed by atoms with Crippen molar-refractivity contribution in [2.24, 2.45) is 0 Å². The number of urea groups is 1. The Hall–Kier alpha value is -2.97. The Kier molecular flexibility index (Phi) is 8.04. The van der Waals surface area contributed by atoms with E-state index in [-0.39, 0.29) is 17.1 Å². The molecule has 9 nitrogen and oxygen atoms in total. The van der Waals surface area contributed by atoms with E-state index < -0.39 is 24.5 Å². The van der Waals surface area contributed by atoms with Gasteiger partial charge in [-0.2, -0.15) is 0 Å². The van der Waals surface area contributed by atoms with Crippen LogP contribution in [0.2, 0.25) is 0 Å². The third-order valence-corrected chi connectivity index (χ3v) is 3.02. The zero-order valence-corrected chi connectivity index (χ0v) is 14.6. The third-order valence-electron chi connectivity index (χ3n) is 3.02. The topological polar surface area (TPSA) is 112 Å². The highest BCUT2D eigenvalue weighted by Gasteiger charge is 2.19. The highest BCUT2D eigenvalue weighted by molar-refractivity contribution is 5.97. The summed E-state index contributed by atoms with van der Waals surface area (Å²) in [6.45, 7) is 1.71. The Morgan fingerprint density at radius 3 is 2.08 bits per heavy atom. The van der Waals surface area contributed by atoms with Gasteiger partial charge in [0.05, 0.1) is 26.9 Å². The van der Waals surface area contributed by atoms with Crippen molar-refractivity contribution in [2.75, 3.05) is 34.5 Å². The van der Waals surface area contributed by atoms with E-state index in [4.69, 9.17) is 18.9 Å². The van der Waals surface area contributed by atoms with E-state index in [1.165, 1.54) is 33.5 Å². The third kappa shape index (κ3) is 5.87. The Morgan fingerprint density at radius 1 is 1.00 bits per heavy atom. The molecule has 0 unspecified atom stereocenters. The van der Waals surface area contributed by atoms with Gasteiger partial charge in [0.1, 0.15) is 0 Å². The molecular weight excluding hydrogens is 332 g/mol. The number of carbonyl (C=O) groups is 3. The number of amides is 3. The Bertz CT molecular complexity index is 606. The van der Waals surface area contributed by atoms with E-state index in [1.807, 2.05) is 12.2 Å². The molecule has 1 aromatic rings. The molecule has 1 aromatic carbocycles. The Labute approximate surface area is 145 Å². The number of hydrogen-bond acceptors (Lipinski definition) is 7. The fourth-order valence-electron chi connectivity index (χ4n) is 1.86. The quantitative estimate of drug-likeness (QED) is 0.672. The van der Waals surface area contributed by atoms with E-state index in [2.05, 4.69) is 5.32 Å². The average molecular weight is 354 g/mol. The lowest BCUT2D eigenvalue weighted by molar-refractivity contribution is -0.123. The summed E-state index contributed by atoms with van der Waals surface area (Å²) in [6.07, 6.45) is 0.734. The summed E-state index contributed by atoms with van der Waals surface area (Å²) in [5.41, 5.74) is 0.109. The zero-order valence-electron chi connectivity index (χ0n) is 14.6. The second kappa shape index (κ2) is 10.0. The maximum atomic E-state index is 12.1. The number of hydrogen-bond donors (Lipinski definition) is 2. The SMILES string of the molecule is CCCNC(=O)NC(=O)COC(=O)c1cc(OC)c(OC)c(OC)c1. The first-order chi connectivity index (χ1) is 12.0. The van der Waals surface area contributed by atoms with Gasteiger partial charge in [-0.3, -0.25) is 10.1 Å². The van der Waals surface area contributed by atoms with Gasteiger partial charge >= 0.3 is 12.0 Å². The number of esters is 1. The summed E-state index contributed by atoms with van der Waals surface area (Å²) in [7, 11) is 4.26. The van der Waals surface area contributed by atoms with Crippen molar-refractivity contribution >= 4 is 17.9 Å². The van der Waals surface area contributed by atoms with Crippen molar-refractivity contribution in [1.29, 1.82) is 0 Å². The van der Waals surface area contributed by atoms with Crippen molar-refractivity contribution < 1.29 is 33.3 Å². The smallest absolute Gasteiger partial charge is 0.338 e. The van der Waals surface area contributed by atoms with Gasteiger partial charge in [-0.05, 0) is 18.6 Å². The summed E-state index contributed by atoms with van der Waals surface area (Å²) in [5.74, 6) is -0.640. The van der Waals surface area contributed by atoms with Crippen LogP contribution in [0.25, 0.3) is 0 Å². The molecule has 0 aliphatic carbocycles. The molecule has 0 aliphatic rings. The lowest BCUT2D eigenvalue weighted by atomic mass is 10.2. The van der Waals surface area contributed by atoms with E-state index in [9.17, 15) is 14.4 Å². The van der Waals surface area contributed by atoms with Crippen LogP contribution in [-0.4, -0.2) is 52.4 Å². The summed E-state index contributed by atoms with van der Waals surface area (Å²) in [5, 5.41) is 4.52. The molecule has 25 heavy (non-hydrogen) atoms. The molecule has 0 spiro atoms. The molecule has 0 saturated heterocycles. The first-order valence-electron chi connectivity index (χ1n) is 7.51. The number of imide groups is 1. The number of nitrogens with one attached hydrogen (secondary N) is 2. The molecule has 0 aromatic heterocycles. The van der Waals surface area contributed by atoms with E-state index >= 15 is 0 Å². The molecule has 0 bridgehead atoms. The molecule has 0 aliphatic heterocycles. The van der Waals surface area contributed by atoms with Gasteiger partial charge in [-0.15, -0.1) is 0 Å². The molecule has 0 atom stereocenters. The highest BCUT2D eigenvalue weighted by atomic mass is 16.5. The molecule has 0 fully saturated rings. The van der Waals surface area contributed by atoms with Crippen LogP contribution in [0.1, 0.15) is 23.7 Å². The van der Waals surface area contributed by atoms with Gasteiger partial charge in [0.25, 0.3) is 5.91 Å². The fraction of sp³-hybridized carbons (Fsp3) is 0.438. The normalized spacial score (nSPS) is 9.76. The zero-order chi connectivity index (χ0) is 18.8. The Balaban J connectivity index is 2.71. The summed E-state index contributed by atoms with van der Waals surface area (Å²) >= 11 is 0. The molecular formula is C16H22N2O7. The largest absolute Gasteiger partial charge is 0.493 e. The van der Waals surface area contributed by atoms with Crippen LogP contribution >= 0.6 is 0 Å². The first-order valence-corrected chi connectivity index (χ1v) is 7.51. The number of benzene rings is 1. The van der Waals surface area contributed by atoms with Gasteiger partial charge in [-0.25, -0.2) is 9.59 Å². The number of rotatable bonds is 8. The van der Waals surface area contributed by atoms with Gasteiger partial charge in [0.2, 0.25) is 5.75 Å². The summed E-state index contributed by atoms with van der Waals surface area (Å²) in [6, 6.07) is 2.15. The molecule has 2 N–H and O–H groups in total. The molecule has 3 amide bonds. The predicted octanol–water partition coefficient (Wildman–Crippen LogP) is 1.10. The molecule has 0 heterocycles. The lowest BCUT2D eigenvalue weighted by Gasteiger charge is -2.13. The van der Waals surface area contributed by atoms with Crippen LogP contribution in [-0.2, 0) is 9.53 Å². The van der Waals surface area contributed by atoms with Crippen molar-refractivity contribution in [3.8, 4) is 17.2 Å². The monoisotopic (exact) mass is 354 g/mol.